The molecular formula is C10H7NO5. The maximum atomic E-state index is 10.9. The minimum atomic E-state index is -1.20. The minimum Gasteiger partial charge on any atom is -0.497 e. The van der Waals surface area contributed by atoms with Gasteiger partial charge in [0, 0.05) is 6.07 Å². The number of methoxy groups -OCH3 is 1. The van der Waals surface area contributed by atoms with Gasteiger partial charge in [0.1, 0.15) is 5.75 Å². The fourth-order valence-electron chi connectivity index (χ4n) is 1.36. The summed E-state index contributed by atoms with van der Waals surface area (Å²) >= 11 is 0. The Bertz CT molecular complexity index is 607. The van der Waals surface area contributed by atoms with E-state index < -0.39 is 17.1 Å². The number of benzene rings is 1. The lowest BCUT2D eigenvalue weighted by molar-refractivity contribution is 0.0697. The summed E-state index contributed by atoms with van der Waals surface area (Å²) in [5.41, 5.74) is -1.49. The number of nitrogens with zero attached hydrogens (tertiary/aromatic N) is 1. The Morgan fingerprint density at radius 2 is 1.94 bits per heavy atom. The van der Waals surface area contributed by atoms with E-state index in [-0.39, 0.29) is 11.3 Å². The van der Waals surface area contributed by atoms with E-state index in [0.29, 0.717) is 5.75 Å². The van der Waals surface area contributed by atoms with Crippen molar-refractivity contribution in [2.24, 2.45) is 0 Å². The number of aromatic nitrogens is 1. The van der Waals surface area contributed by atoms with E-state index in [4.69, 9.17) is 9.84 Å². The monoisotopic (exact) mass is 221 g/mol. The van der Waals surface area contributed by atoms with Crippen LogP contribution in [0.1, 0.15) is 10.4 Å². The number of rotatable bonds is 3. The number of hydrogen-bond acceptors (Lipinski definition) is 4. The largest absolute Gasteiger partial charge is 0.497 e. The van der Waals surface area contributed by atoms with E-state index in [1.54, 1.807) is 0 Å². The second-order valence-electron chi connectivity index (χ2n) is 3.13. The zero-order valence-electron chi connectivity index (χ0n) is 8.26. The highest BCUT2D eigenvalue weighted by atomic mass is 16.5. The molecule has 0 spiro atoms. The molecule has 6 heteroatoms. The molecule has 0 bridgehead atoms. The molecule has 0 aliphatic carbocycles. The third-order valence-electron chi connectivity index (χ3n) is 2.22. The van der Waals surface area contributed by atoms with Gasteiger partial charge in [0.2, 0.25) is 0 Å². The second kappa shape index (κ2) is 3.34. The first-order valence-corrected chi connectivity index (χ1v) is 4.36. The lowest BCUT2D eigenvalue weighted by atomic mass is 10.1. The molecule has 1 aromatic carbocycles. The van der Waals surface area contributed by atoms with Crippen LogP contribution in [0.4, 0.5) is 0 Å². The molecule has 6 nitrogen and oxygen atoms in total. The van der Waals surface area contributed by atoms with Crippen molar-refractivity contribution < 1.29 is 14.6 Å². The predicted molar refractivity (Wildman–Crippen MR) is 54.2 cm³/mol. The van der Waals surface area contributed by atoms with Crippen LogP contribution in [0.3, 0.4) is 0 Å². The highest BCUT2D eigenvalue weighted by Crippen LogP contribution is 2.20. The fourth-order valence-corrected chi connectivity index (χ4v) is 1.36. The standard InChI is InChI=1S/C10H7NO5/c1-16-5-2-3-6(10(14)15)7(4-5)11-8(12)9(11)13/h2-4H,1H3,(H,14,15). The SMILES string of the molecule is COc1ccc(C(=O)O)c(-n2c(=O)c2=O)c1. The third-order valence-corrected chi connectivity index (χ3v) is 2.22. The van der Waals surface area contributed by atoms with Crippen molar-refractivity contribution in [3.63, 3.8) is 0 Å². The summed E-state index contributed by atoms with van der Waals surface area (Å²) in [5.74, 6) is -0.822. The lowest BCUT2D eigenvalue weighted by Crippen LogP contribution is -2.05. The molecular weight excluding hydrogens is 214 g/mol. The lowest BCUT2D eigenvalue weighted by Gasteiger charge is -2.04. The molecule has 0 fully saturated rings. The Morgan fingerprint density at radius 3 is 2.38 bits per heavy atom. The zero-order valence-corrected chi connectivity index (χ0v) is 8.26. The molecule has 0 saturated carbocycles. The molecule has 1 N–H and O–H groups in total. The number of carboxylic acid groups (broad SMARTS) is 1. The molecule has 82 valence electrons. The number of hydrogen-bond donors (Lipinski definition) is 1. The van der Waals surface area contributed by atoms with Gasteiger partial charge in [-0.15, -0.1) is 0 Å². The quantitative estimate of drug-likeness (QED) is 0.724. The molecule has 0 unspecified atom stereocenters. The predicted octanol–water partition coefficient (Wildman–Crippen LogP) is -0.220. The van der Waals surface area contributed by atoms with Crippen LogP contribution >= 0.6 is 0 Å². The van der Waals surface area contributed by atoms with Gasteiger partial charge in [-0.25, -0.2) is 9.36 Å². The first-order valence-electron chi connectivity index (χ1n) is 4.36. The summed E-state index contributed by atoms with van der Waals surface area (Å²) < 4.78 is 5.69. The molecule has 0 atom stereocenters. The van der Waals surface area contributed by atoms with Crippen molar-refractivity contribution in [2.75, 3.05) is 7.11 Å². The average Bonchev–Trinajstić information content (AvgIpc) is 2.85. The maximum absolute atomic E-state index is 10.9. The van der Waals surface area contributed by atoms with Gasteiger partial charge in [-0.05, 0) is 12.1 Å². The van der Waals surface area contributed by atoms with E-state index in [1.807, 2.05) is 0 Å². The van der Waals surface area contributed by atoms with E-state index in [1.165, 1.54) is 25.3 Å². The molecule has 0 saturated heterocycles. The molecule has 0 aliphatic heterocycles. The van der Waals surface area contributed by atoms with Crippen LogP contribution in [-0.2, 0) is 0 Å². The average molecular weight is 221 g/mol. The molecule has 1 heterocycles. The highest BCUT2D eigenvalue weighted by molar-refractivity contribution is 5.92. The molecule has 16 heavy (non-hydrogen) atoms. The summed E-state index contributed by atoms with van der Waals surface area (Å²) in [4.78, 5) is 32.7. The van der Waals surface area contributed by atoms with E-state index >= 15 is 0 Å². The van der Waals surface area contributed by atoms with Gasteiger partial charge >= 0.3 is 17.1 Å². The van der Waals surface area contributed by atoms with Crippen LogP contribution in [0.25, 0.3) is 5.69 Å². The first kappa shape index (κ1) is 10.2. The summed E-state index contributed by atoms with van der Waals surface area (Å²) in [6, 6.07) is 4.08. The second-order valence-corrected chi connectivity index (χ2v) is 3.13. The normalized spacial score (nSPS) is 10.6. The number of carbonyl (C=O) groups is 1. The van der Waals surface area contributed by atoms with Crippen LogP contribution in [0.5, 0.6) is 5.75 Å². The van der Waals surface area contributed by atoms with Gasteiger partial charge in [0.15, 0.2) is 0 Å². The molecule has 2 aromatic rings. The van der Waals surface area contributed by atoms with Crippen molar-refractivity contribution in [2.45, 2.75) is 0 Å². The smallest absolute Gasteiger partial charge is 0.337 e. The van der Waals surface area contributed by atoms with Gasteiger partial charge in [-0.2, -0.15) is 0 Å². The van der Waals surface area contributed by atoms with Crippen LogP contribution in [0, 0.1) is 0 Å². The number of ether oxygens (including phenoxy) is 1. The fraction of sp³-hybridized carbons (Fsp3) is 0.100. The molecule has 0 amide bonds. The summed E-state index contributed by atoms with van der Waals surface area (Å²) in [6.45, 7) is 0. The highest BCUT2D eigenvalue weighted by Gasteiger charge is 2.23. The van der Waals surface area contributed by atoms with Crippen LogP contribution in [-0.4, -0.2) is 22.8 Å². The third kappa shape index (κ3) is 1.40. The molecule has 0 radical (unpaired) electrons. The van der Waals surface area contributed by atoms with Gasteiger partial charge in [0.05, 0.1) is 18.4 Å². The molecule has 1 aromatic heterocycles. The van der Waals surface area contributed by atoms with E-state index in [0.717, 1.165) is 4.57 Å². The van der Waals surface area contributed by atoms with Crippen molar-refractivity contribution in [3.05, 3.63) is 44.5 Å². The van der Waals surface area contributed by atoms with Crippen molar-refractivity contribution in [1.82, 2.24) is 4.57 Å². The van der Waals surface area contributed by atoms with Crippen LogP contribution in [0.2, 0.25) is 0 Å². The topological polar surface area (TPSA) is 85.6 Å². The Labute approximate surface area is 89.0 Å². The van der Waals surface area contributed by atoms with Gasteiger partial charge in [-0.3, -0.25) is 9.59 Å². The summed E-state index contributed by atoms with van der Waals surface area (Å²) in [7, 11) is 1.41. The van der Waals surface area contributed by atoms with Gasteiger partial charge in [0.25, 0.3) is 0 Å². The molecule has 2 rings (SSSR count). The Balaban J connectivity index is 2.65. The van der Waals surface area contributed by atoms with Crippen molar-refractivity contribution >= 4 is 5.97 Å². The molecule has 0 aliphatic rings. The van der Waals surface area contributed by atoms with Gasteiger partial charge in [-0.1, -0.05) is 0 Å². The van der Waals surface area contributed by atoms with Gasteiger partial charge < -0.3 is 9.84 Å². The Kier molecular flexibility index (Phi) is 2.12. The van der Waals surface area contributed by atoms with Crippen LogP contribution < -0.4 is 15.9 Å². The number of carboxylic acids is 1. The van der Waals surface area contributed by atoms with Crippen LogP contribution in [0.15, 0.2) is 27.8 Å². The van der Waals surface area contributed by atoms with Crippen molar-refractivity contribution in [3.8, 4) is 11.4 Å². The van der Waals surface area contributed by atoms with E-state index in [2.05, 4.69) is 0 Å². The number of aromatic carboxylic acids is 1. The summed E-state index contributed by atoms with van der Waals surface area (Å²) in [5, 5.41) is 8.89. The summed E-state index contributed by atoms with van der Waals surface area (Å²) in [6.07, 6.45) is 0. The first-order chi connectivity index (χ1) is 7.56. The Morgan fingerprint density at radius 1 is 1.31 bits per heavy atom. The zero-order chi connectivity index (χ0) is 11.9. The van der Waals surface area contributed by atoms with Crippen molar-refractivity contribution in [1.29, 1.82) is 0 Å². The maximum Gasteiger partial charge on any atom is 0.337 e. The Hall–Kier alpha value is -2.37. The van der Waals surface area contributed by atoms with E-state index in [9.17, 15) is 14.4 Å². The minimum absolute atomic E-state index is 0.0434.